The summed E-state index contributed by atoms with van der Waals surface area (Å²) in [6.07, 6.45) is -2.68. The molecule has 47 heavy (non-hydrogen) atoms. The van der Waals surface area contributed by atoms with Gasteiger partial charge in [0.1, 0.15) is 24.8 Å². The Morgan fingerprint density at radius 3 is 1.98 bits per heavy atom. The van der Waals surface area contributed by atoms with Gasteiger partial charge in [-0.3, -0.25) is 24.5 Å². The highest BCUT2D eigenvalue weighted by Crippen LogP contribution is 2.23. The van der Waals surface area contributed by atoms with E-state index in [0.29, 0.717) is 5.69 Å². The Kier molecular flexibility index (Phi) is 12.2. The third-order valence-electron chi connectivity index (χ3n) is 7.08. The molecule has 0 aliphatic rings. The first-order valence-electron chi connectivity index (χ1n) is 14.6. The van der Waals surface area contributed by atoms with Crippen molar-refractivity contribution in [2.45, 2.75) is 44.1 Å². The van der Waals surface area contributed by atoms with Crippen molar-refractivity contribution < 1.29 is 33.8 Å². The lowest BCUT2D eigenvalue weighted by Crippen LogP contribution is -2.54. The van der Waals surface area contributed by atoms with E-state index in [2.05, 4.69) is 16.0 Å². The van der Waals surface area contributed by atoms with Crippen LogP contribution in [0.25, 0.3) is 11.1 Å². The molecule has 4 rings (SSSR count). The average Bonchev–Trinajstić information content (AvgIpc) is 3.57. The van der Waals surface area contributed by atoms with Gasteiger partial charge in [-0.1, -0.05) is 72.8 Å². The van der Waals surface area contributed by atoms with Crippen molar-refractivity contribution in [3.8, 4) is 11.1 Å². The van der Waals surface area contributed by atoms with Crippen molar-refractivity contribution in [1.29, 1.82) is 0 Å². The largest absolute Gasteiger partial charge is 0.444 e. The van der Waals surface area contributed by atoms with E-state index in [-0.39, 0.29) is 19.4 Å². The Morgan fingerprint density at radius 1 is 0.723 bits per heavy atom. The Morgan fingerprint density at radius 2 is 1.38 bits per heavy atom. The highest BCUT2D eigenvalue weighted by molar-refractivity contribution is 7.09. The zero-order valence-corrected chi connectivity index (χ0v) is 26.1. The van der Waals surface area contributed by atoms with Crippen molar-refractivity contribution in [1.82, 2.24) is 10.6 Å². The van der Waals surface area contributed by atoms with Gasteiger partial charge in [-0.05, 0) is 45.8 Å². The van der Waals surface area contributed by atoms with Crippen LogP contribution in [0.5, 0.6) is 0 Å². The van der Waals surface area contributed by atoms with Crippen molar-refractivity contribution in [2.75, 3.05) is 5.32 Å². The van der Waals surface area contributed by atoms with E-state index < -0.39 is 54.3 Å². The molecule has 3 aromatic carbocycles. The first-order chi connectivity index (χ1) is 22.6. The number of rotatable bonds is 15. The van der Waals surface area contributed by atoms with Crippen LogP contribution in [0.15, 0.2) is 96.4 Å². The van der Waals surface area contributed by atoms with Gasteiger partial charge in [0.05, 0.1) is 6.42 Å². The lowest BCUT2D eigenvalue weighted by atomic mass is 10.00. The summed E-state index contributed by atoms with van der Waals surface area (Å²) in [6.45, 7) is 0.160. The van der Waals surface area contributed by atoms with Crippen molar-refractivity contribution in [3.63, 3.8) is 0 Å². The maximum absolute atomic E-state index is 13.2. The van der Waals surface area contributed by atoms with Gasteiger partial charge < -0.3 is 31.9 Å². The molecule has 0 aliphatic heterocycles. The number of hydrogen-bond donors (Lipinski definition) is 6. The van der Waals surface area contributed by atoms with Crippen LogP contribution in [0.2, 0.25) is 0 Å². The molecule has 3 atom stereocenters. The van der Waals surface area contributed by atoms with Crippen LogP contribution in [0.3, 0.4) is 0 Å². The fourth-order valence-corrected chi connectivity index (χ4v) is 5.31. The summed E-state index contributed by atoms with van der Waals surface area (Å²) in [5, 5.41) is 19.3. The van der Waals surface area contributed by atoms with E-state index in [1.165, 1.54) is 11.3 Å². The second-order valence-corrected chi connectivity index (χ2v) is 11.7. The van der Waals surface area contributed by atoms with Gasteiger partial charge >= 0.3 is 6.09 Å². The van der Waals surface area contributed by atoms with Gasteiger partial charge in [0, 0.05) is 23.4 Å². The molecule has 0 spiro atoms. The van der Waals surface area contributed by atoms with Gasteiger partial charge in [-0.25, -0.2) is 4.79 Å². The zero-order valence-electron chi connectivity index (χ0n) is 25.3. The van der Waals surface area contributed by atoms with Crippen LogP contribution in [-0.2, 0) is 43.4 Å². The quantitative estimate of drug-likeness (QED) is 0.113. The third kappa shape index (κ3) is 10.8. The van der Waals surface area contributed by atoms with Crippen molar-refractivity contribution in [2.24, 2.45) is 11.5 Å². The van der Waals surface area contributed by atoms with Gasteiger partial charge in [0.25, 0.3) is 0 Å². The molecule has 0 radical (unpaired) electrons. The van der Waals surface area contributed by atoms with Crippen LogP contribution < -0.4 is 27.4 Å². The summed E-state index contributed by atoms with van der Waals surface area (Å²) >= 11 is 1.38. The Balaban J connectivity index is 1.35. The van der Waals surface area contributed by atoms with Crippen LogP contribution in [0, 0.1) is 0 Å². The predicted molar refractivity (Wildman–Crippen MR) is 177 cm³/mol. The molecule has 12 nitrogen and oxygen atoms in total. The predicted octanol–water partition coefficient (Wildman–Crippen LogP) is 2.64. The minimum Gasteiger partial charge on any atom is -0.444 e. The maximum Gasteiger partial charge on any atom is 0.411 e. The third-order valence-corrected chi connectivity index (χ3v) is 7.97. The molecule has 1 heterocycles. The second-order valence-electron chi connectivity index (χ2n) is 10.7. The summed E-state index contributed by atoms with van der Waals surface area (Å²) in [7, 11) is 0. The highest BCUT2D eigenvalue weighted by Gasteiger charge is 2.28. The van der Waals surface area contributed by atoms with Gasteiger partial charge in [-0.2, -0.15) is 0 Å². The normalized spacial score (nSPS) is 12.6. The second kappa shape index (κ2) is 16.7. The molecule has 8 N–H and O–H groups in total. The van der Waals surface area contributed by atoms with Gasteiger partial charge in [0.15, 0.2) is 0 Å². The fraction of sp³-hybridized carbons (Fsp3) is 0.206. The number of aliphatic hydroxyl groups excluding tert-OH is 1. The summed E-state index contributed by atoms with van der Waals surface area (Å²) in [6, 6.07) is 25.3. The molecule has 1 aromatic heterocycles. The topological polar surface area (TPSA) is 203 Å². The van der Waals surface area contributed by atoms with Crippen molar-refractivity contribution in [3.05, 3.63) is 112 Å². The number of anilines is 1. The molecular formula is C34H35N5O7S. The number of carbonyl (C=O) groups excluding carboxylic acids is 5. The highest BCUT2D eigenvalue weighted by atomic mass is 32.1. The number of hydrogen-bond acceptors (Lipinski definition) is 8. The molecular weight excluding hydrogens is 622 g/mol. The molecule has 0 unspecified atom stereocenters. The van der Waals surface area contributed by atoms with E-state index in [1.807, 2.05) is 60.0 Å². The number of amides is 5. The van der Waals surface area contributed by atoms with Gasteiger partial charge in [-0.15, -0.1) is 11.3 Å². The Hall–Kier alpha value is -5.53. The number of benzene rings is 3. The van der Waals surface area contributed by atoms with E-state index in [0.717, 1.165) is 27.1 Å². The first kappa shape index (κ1) is 34.3. The van der Waals surface area contributed by atoms with E-state index in [4.69, 9.17) is 16.2 Å². The van der Waals surface area contributed by atoms with Gasteiger partial charge in [0.2, 0.25) is 23.6 Å². The Labute approximate surface area is 275 Å². The van der Waals surface area contributed by atoms with Crippen LogP contribution in [-0.4, -0.2) is 53.0 Å². The lowest BCUT2D eigenvalue weighted by Gasteiger charge is -2.22. The summed E-state index contributed by atoms with van der Waals surface area (Å²) in [5.41, 5.74) is 14.6. The standard InChI is InChI=1S/C34H35N5O7S/c35-31(42)27(39-33(44)28(18-26-7-4-16-47-26)38-30(41)19-29(40)32(36)43)17-21-8-10-23(11-9-21)24-12-14-25(15-13-24)37-34(45)46-20-22-5-2-1-3-6-22/h1-16,27-29,40H,17-20H2,(H2,35,42)(H2,36,43)(H,37,45)(H,38,41)(H,39,44)/t27-,28+,29+/m0/s1. The van der Waals surface area contributed by atoms with E-state index in [1.54, 1.807) is 36.4 Å². The number of carbonyl (C=O) groups is 5. The monoisotopic (exact) mass is 657 g/mol. The van der Waals surface area contributed by atoms with Crippen LogP contribution in [0.4, 0.5) is 10.5 Å². The first-order valence-corrected chi connectivity index (χ1v) is 15.5. The molecule has 244 valence electrons. The Bertz CT molecular complexity index is 1660. The summed E-state index contributed by atoms with van der Waals surface area (Å²) in [4.78, 5) is 62.1. The maximum atomic E-state index is 13.2. The number of nitrogens with one attached hydrogen (secondary N) is 3. The molecule has 0 saturated heterocycles. The molecule has 0 saturated carbocycles. The van der Waals surface area contributed by atoms with Crippen molar-refractivity contribution >= 4 is 46.7 Å². The summed E-state index contributed by atoms with van der Waals surface area (Å²) < 4.78 is 5.26. The number of primary amides is 2. The molecule has 0 bridgehead atoms. The number of thiophene rings is 1. The molecule has 13 heteroatoms. The average molecular weight is 658 g/mol. The van der Waals surface area contributed by atoms with E-state index >= 15 is 0 Å². The number of nitrogens with two attached hydrogens (primary N) is 2. The zero-order chi connectivity index (χ0) is 33.8. The molecule has 0 fully saturated rings. The molecule has 5 amide bonds. The fourth-order valence-electron chi connectivity index (χ4n) is 4.56. The number of ether oxygens (including phenoxy) is 1. The minimum atomic E-state index is -1.70. The summed E-state index contributed by atoms with van der Waals surface area (Å²) in [5.74, 6) is -3.24. The minimum absolute atomic E-state index is 0.0926. The number of aliphatic hydroxyl groups is 1. The molecule has 0 aliphatic carbocycles. The lowest BCUT2D eigenvalue weighted by molar-refractivity contribution is -0.134. The van der Waals surface area contributed by atoms with Crippen LogP contribution >= 0.6 is 11.3 Å². The van der Waals surface area contributed by atoms with E-state index in [9.17, 15) is 29.1 Å². The smallest absolute Gasteiger partial charge is 0.411 e. The van der Waals surface area contributed by atoms with Crippen LogP contribution in [0.1, 0.15) is 22.4 Å². The molecule has 4 aromatic rings. The SMILES string of the molecule is NC(=O)[C@H](O)CC(=O)N[C@H](Cc1cccs1)C(=O)N[C@@H](Cc1ccc(-c2ccc(NC(=O)OCc3ccccc3)cc2)cc1)C(N)=O.